The first kappa shape index (κ1) is 23.3. The van der Waals surface area contributed by atoms with Crippen molar-refractivity contribution in [3.63, 3.8) is 0 Å². The van der Waals surface area contributed by atoms with Gasteiger partial charge in [-0.05, 0) is 18.4 Å². The number of ether oxygens (including phenoxy) is 2. The number of piperidine rings is 1. The Bertz CT molecular complexity index is 812. The van der Waals surface area contributed by atoms with Crippen molar-refractivity contribution >= 4 is 46.3 Å². The smallest absolute Gasteiger partial charge is 0.410 e. The minimum absolute atomic E-state index is 0.00970. The second kappa shape index (κ2) is 10.8. The van der Waals surface area contributed by atoms with E-state index in [-0.39, 0.29) is 25.2 Å². The van der Waals surface area contributed by atoms with Crippen LogP contribution in [0.3, 0.4) is 0 Å². The molecule has 168 valence electrons. The molecule has 2 aliphatic heterocycles. The number of carbonyl (C=O) groups is 3. The third kappa shape index (κ3) is 6.10. The molecule has 0 spiro atoms. The quantitative estimate of drug-likeness (QED) is 0.467. The minimum atomic E-state index is -0.753. The lowest BCUT2D eigenvalue weighted by atomic mass is 10.0. The zero-order chi connectivity index (χ0) is 22.4. The number of rotatable bonds is 6. The van der Waals surface area contributed by atoms with Gasteiger partial charge in [-0.3, -0.25) is 9.69 Å². The second-order valence-corrected chi connectivity index (χ2v) is 9.26. The molecular formula is C21H27N3O5S2. The van der Waals surface area contributed by atoms with Crippen molar-refractivity contribution in [2.24, 2.45) is 0 Å². The van der Waals surface area contributed by atoms with Crippen LogP contribution in [0, 0.1) is 0 Å². The van der Waals surface area contributed by atoms with Gasteiger partial charge in [0.1, 0.15) is 17.5 Å². The first-order valence-electron chi connectivity index (χ1n) is 10.1. The molecule has 1 aromatic carbocycles. The highest BCUT2D eigenvalue weighted by molar-refractivity contribution is 8.23. The molecule has 31 heavy (non-hydrogen) atoms. The summed E-state index contributed by atoms with van der Waals surface area (Å²) in [5, 5.41) is 0. The van der Waals surface area contributed by atoms with Gasteiger partial charge in [-0.2, -0.15) is 0 Å². The summed E-state index contributed by atoms with van der Waals surface area (Å²) in [7, 11) is 3.70. The van der Waals surface area contributed by atoms with Crippen LogP contribution in [0.25, 0.3) is 0 Å². The number of amides is 2. The average molecular weight is 466 g/mol. The van der Waals surface area contributed by atoms with E-state index in [0.717, 1.165) is 5.56 Å². The number of benzene rings is 1. The Hall–Kier alpha value is -2.33. The fraction of sp³-hybridized carbons (Fsp3) is 0.524. The molecule has 10 heteroatoms. The van der Waals surface area contributed by atoms with Crippen molar-refractivity contribution in [3.05, 3.63) is 35.9 Å². The van der Waals surface area contributed by atoms with Gasteiger partial charge in [0.25, 0.3) is 0 Å². The highest BCUT2D eigenvalue weighted by atomic mass is 32.2. The van der Waals surface area contributed by atoms with Crippen molar-refractivity contribution in [2.45, 2.75) is 31.5 Å². The van der Waals surface area contributed by atoms with E-state index in [0.29, 0.717) is 36.0 Å². The van der Waals surface area contributed by atoms with Crippen LogP contribution >= 0.6 is 24.0 Å². The Morgan fingerprint density at radius 1 is 1.23 bits per heavy atom. The fourth-order valence-electron chi connectivity index (χ4n) is 3.58. The molecule has 8 nitrogen and oxygen atoms in total. The van der Waals surface area contributed by atoms with E-state index in [2.05, 4.69) is 0 Å². The van der Waals surface area contributed by atoms with E-state index in [1.807, 2.05) is 44.4 Å². The molecule has 2 heterocycles. The summed E-state index contributed by atoms with van der Waals surface area (Å²) in [6, 6.07) is 8.47. The Morgan fingerprint density at radius 2 is 1.90 bits per heavy atom. The maximum atomic E-state index is 12.6. The monoisotopic (exact) mass is 465 g/mol. The molecule has 3 rings (SSSR count). The van der Waals surface area contributed by atoms with Gasteiger partial charge in [-0.15, -0.1) is 0 Å². The van der Waals surface area contributed by atoms with Crippen molar-refractivity contribution in [1.82, 2.24) is 14.7 Å². The molecule has 1 aromatic rings. The first-order valence-corrected chi connectivity index (χ1v) is 11.5. The lowest BCUT2D eigenvalue weighted by Gasteiger charge is -2.37. The molecule has 0 bridgehead atoms. The standard InChI is InChI=1S/C21H27N3O5S2/c1-22(2)21(30)31-14-18(25)23-10-8-16(9-11-23)24-17(13-29-20(24)27)19(26)28-12-15-6-4-3-5-7-15/h3-7,16-17H,8-14H2,1-2H3. The van der Waals surface area contributed by atoms with Gasteiger partial charge in [-0.25, -0.2) is 9.59 Å². The van der Waals surface area contributed by atoms with E-state index in [4.69, 9.17) is 21.7 Å². The van der Waals surface area contributed by atoms with Gasteiger partial charge in [0.15, 0.2) is 6.04 Å². The Morgan fingerprint density at radius 3 is 2.55 bits per heavy atom. The zero-order valence-electron chi connectivity index (χ0n) is 17.7. The third-order valence-corrected chi connectivity index (χ3v) is 7.02. The van der Waals surface area contributed by atoms with E-state index in [9.17, 15) is 14.4 Å². The molecule has 0 aromatic heterocycles. The maximum Gasteiger partial charge on any atom is 0.410 e. The van der Waals surface area contributed by atoms with Crippen LogP contribution in [0.4, 0.5) is 4.79 Å². The van der Waals surface area contributed by atoms with Gasteiger partial charge in [-0.1, -0.05) is 54.3 Å². The molecular weight excluding hydrogens is 438 g/mol. The van der Waals surface area contributed by atoms with Crippen molar-refractivity contribution in [1.29, 1.82) is 0 Å². The van der Waals surface area contributed by atoms with Crippen molar-refractivity contribution in [3.8, 4) is 0 Å². The molecule has 2 saturated heterocycles. The molecule has 1 atom stereocenters. The van der Waals surface area contributed by atoms with E-state index in [1.54, 1.807) is 9.80 Å². The van der Waals surface area contributed by atoms with Crippen molar-refractivity contribution < 1.29 is 23.9 Å². The minimum Gasteiger partial charge on any atom is -0.459 e. The number of thioether (sulfide) groups is 1. The van der Waals surface area contributed by atoms with Crippen LogP contribution in [-0.2, 0) is 25.7 Å². The summed E-state index contributed by atoms with van der Waals surface area (Å²) in [5.74, 6) is -0.153. The first-order chi connectivity index (χ1) is 14.9. The Balaban J connectivity index is 1.50. The van der Waals surface area contributed by atoms with Gasteiger partial charge < -0.3 is 19.3 Å². The number of esters is 1. The van der Waals surface area contributed by atoms with Crippen LogP contribution in [0.2, 0.25) is 0 Å². The topological polar surface area (TPSA) is 79.4 Å². The molecule has 2 amide bonds. The van der Waals surface area contributed by atoms with Gasteiger partial charge >= 0.3 is 12.1 Å². The van der Waals surface area contributed by atoms with Crippen LogP contribution in [0.1, 0.15) is 18.4 Å². The number of cyclic esters (lactones) is 1. The SMILES string of the molecule is CN(C)C(=S)SCC(=O)N1CCC(N2C(=O)OCC2C(=O)OCc2ccccc2)CC1. The number of likely N-dealkylation sites (tertiary alicyclic amines) is 1. The molecule has 1 unspecified atom stereocenters. The Labute approximate surface area is 191 Å². The number of hydrogen-bond donors (Lipinski definition) is 0. The second-order valence-electron chi connectivity index (χ2n) is 7.65. The lowest BCUT2D eigenvalue weighted by Crippen LogP contribution is -2.52. The molecule has 0 N–H and O–H groups in total. The highest BCUT2D eigenvalue weighted by Crippen LogP contribution is 2.25. The summed E-state index contributed by atoms with van der Waals surface area (Å²) in [5.41, 5.74) is 0.881. The van der Waals surface area contributed by atoms with E-state index >= 15 is 0 Å². The van der Waals surface area contributed by atoms with Crippen LogP contribution in [-0.4, -0.2) is 88.6 Å². The summed E-state index contributed by atoms with van der Waals surface area (Å²) >= 11 is 6.55. The summed E-state index contributed by atoms with van der Waals surface area (Å²) < 4.78 is 11.2. The molecule has 2 fully saturated rings. The van der Waals surface area contributed by atoms with Crippen molar-refractivity contribution in [2.75, 3.05) is 39.5 Å². The number of hydrogen-bond acceptors (Lipinski definition) is 7. The zero-order valence-corrected chi connectivity index (χ0v) is 19.3. The van der Waals surface area contributed by atoms with E-state index < -0.39 is 18.1 Å². The molecule has 0 saturated carbocycles. The fourth-order valence-corrected chi connectivity index (χ4v) is 4.44. The van der Waals surface area contributed by atoms with Gasteiger partial charge in [0.05, 0.1) is 5.75 Å². The Kier molecular flexibility index (Phi) is 8.14. The van der Waals surface area contributed by atoms with E-state index in [1.165, 1.54) is 16.7 Å². The highest BCUT2D eigenvalue weighted by Gasteiger charge is 2.44. The van der Waals surface area contributed by atoms with Gasteiger partial charge in [0, 0.05) is 33.2 Å². The third-order valence-electron chi connectivity index (χ3n) is 5.30. The molecule has 0 radical (unpaired) electrons. The summed E-state index contributed by atoms with van der Waals surface area (Å²) in [6.07, 6.45) is 0.677. The number of nitrogens with zero attached hydrogens (tertiary/aromatic N) is 3. The lowest BCUT2D eigenvalue weighted by molar-refractivity contribution is -0.150. The maximum absolute atomic E-state index is 12.6. The molecule has 0 aliphatic carbocycles. The molecule has 2 aliphatic rings. The van der Waals surface area contributed by atoms with Crippen LogP contribution in [0.5, 0.6) is 0 Å². The summed E-state index contributed by atoms with van der Waals surface area (Å²) in [4.78, 5) is 42.5. The van der Waals surface area contributed by atoms with Gasteiger partial charge in [0.2, 0.25) is 5.91 Å². The number of carbonyl (C=O) groups excluding carboxylic acids is 3. The average Bonchev–Trinajstić information content (AvgIpc) is 3.17. The number of thiocarbonyl (C=S) groups is 1. The largest absolute Gasteiger partial charge is 0.459 e. The predicted octanol–water partition coefficient (Wildman–Crippen LogP) is 2.12. The normalized spacial score (nSPS) is 19.2. The predicted molar refractivity (Wildman–Crippen MR) is 122 cm³/mol. The summed E-state index contributed by atoms with van der Waals surface area (Å²) in [6.45, 7) is 1.19. The van der Waals surface area contributed by atoms with Crippen LogP contribution < -0.4 is 0 Å². The van der Waals surface area contributed by atoms with Crippen LogP contribution in [0.15, 0.2) is 30.3 Å².